The molecule has 0 saturated carbocycles. The maximum Gasteiger partial charge on any atom is 0.0406 e. The van der Waals surface area contributed by atoms with E-state index in [9.17, 15) is 0 Å². The van der Waals surface area contributed by atoms with Crippen molar-refractivity contribution in [3.05, 3.63) is 118 Å². The van der Waals surface area contributed by atoms with Crippen molar-refractivity contribution in [1.82, 2.24) is 0 Å². The summed E-state index contributed by atoms with van der Waals surface area (Å²) in [6, 6.07) is 27.4. The van der Waals surface area contributed by atoms with Crippen molar-refractivity contribution in [2.75, 3.05) is 0 Å². The van der Waals surface area contributed by atoms with E-state index >= 15 is 0 Å². The molecule has 0 amide bonds. The van der Waals surface area contributed by atoms with Crippen LogP contribution in [0.5, 0.6) is 0 Å². The summed E-state index contributed by atoms with van der Waals surface area (Å²) in [6.45, 7) is 4.53. The van der Waals surface area contributed by atoms with Gasteiger partial charge in [-0.15, -0.1) is 0 Å². The fourth-order valence-electron chi connectivity index (χ4n) is 3.83. The molecule has 0 fully saturated rings. The highest BCUT2D eigenvalue weighted by molar-refractivity contribution is 6.30. The summed E-state index contributed by atoms with van der Waals surface area (Å²) in [5.41, 5.74) is 9.18. The van der Waals surface area contributed by atoms with Crippen LogP contribution in [0.25, 0.3) is 11.1 Å². The normalized spacial score (nSPS) is 16.7. The van der Waals surface area contributed by atoms with E-state index in [1.165, 1.54) is 39.0 Å². The molecule has 0 aromatic heterocycles. The summed E-state index contributed by atoms with van der Waals surface area (Å²) in [6.07, 6.45) is 2.36. The first kappa shape index (κ1) is 16.9. The Labute approximate surface area is 160 Å². The van der Waals surface area contributed by atoms with Gasteiger partial charge in [-0.05, 0) is 64.1 Å². The van der Waals surface area contributed by atoms with Gasteiger partial charge in [0.15, 0.2) is 0 Å². The lowest BCUT2D eigenvalue weighted by atomic mass is 9.91. The van der Waals surface area contributed by atoms with Gasteiger partial charge in [0.05, 0.1) is 0 Å². The van der Waals surface area contributed by atoms with Gasteiger partial charge in [0, 0.05) is 10.9 Å². The van der Waals surface area contributed by atoms with Crippen molar-refractivity contribution in [3.8, 4) is 0 Å². The van der Waals surface area contributed by atoms with Crippen LogP contribution in [0.2, 0.25) is 5.02 Å². The third kappa shape index (κ3) is 3.02. The van der Waals surface area contributed by atoms with E-state index in [0.29, 0.717) is 5.92 Å². The van der Waals surface area contributed by atoms with Gasteiger partial charge < -0.3 is 0 Å². The van der Waals surface area contributed by atoms with Crippen molar-refractivity contribution in [2.24, 2.45) is 0 Å². The molecular weight excluding hydrogens is 336 g/mol. The number of hydrogen-bond donors (Lipinski definition) is 0. The van der Waals surface area contributed by atoms with Gasteiger partial charge in [0.2, 0.25) is 0 Å². The molecule has 3 aromatic rings. The van der Waals surface area contributed by atoms with Gasteiger partial charge in [0.25, 0.3) is 0 Å². The molecule has 3 aromatic carbocycles. The minimum Gasteiger partial charge on any atom is -0.0843 e. The van der Waals surface area contributed by atoms with Crippen LogP contribution < -0.4 is 0 Å². The van der Waals surface area contributed by atoms with E-state index in [4.69, 9.17) is 11.6 Å². The molecule has 0 nitrogen and oxygen atoms in total. The maximum atomic E-state index is 6.11. The molecule has 4 rings (SSSR count). The molecule has 128 valence electrons. The monoisotopic (exact) mass is 356 g/mol. The molecule has 0 aliphatic heterocycles. The van der Waals surface area contributed by atoms with Crippen molar-refractivity contribution in [2.45, 2.75) is 19.8 Å². The quantitative estimate of drug-likeness (QED) is 0.459. The summed E-state index contributed by atoms with van der Waals surface area (Å²) in [7, 11) is 0. The molecule has 1 heteroatoms. The second-order valence-electron chi connectivity index (χ2n) is 6.82. The number of halogens is 1. The standard InChI is InChI=1S/C25H21Cl/c1-17-22-10-6-7-11-23(22)18(2)24(17)16-25(19-8-4-3-5-9-19)20-12-14-21(26)15-13-20/h3-17H,1-2H3. The highest BCUT2D eigenvalue weighted by Crippen LogP contribution is 2.43. The van der Waals surface area contributed by atoms with Gasteiger partial charge in [-0.3, -0.25) is 0 Å². The van der Waals surface area contributed by atoms with Crippen LogP contribution in [-0.2, 0) is 0 Å². The number of benzene rings is 3. The maximum absolute atomic E-state index is 6.11. The summed E-state index contributed by atoms with van der Waals surface area (Å²) in [5.74, 6) is 0.400. The molecular formula is C25H21Cl. The molecule has 0 heterocycles. The van der Waals surface area contributed by atoms with Crippen molar-refractivity contribution in [1.29, 1.82) is 0 Å². The predicted octanol–water partition coefficient (Wildman–Crippen LogP) is 7.36. The third-order valence-electron chi connectivity index (χ3n) is 5.27. The molecule has 1 unspecified atom stereocenters. The van der Waals surface area contributed by atoms with Gasteiger partial charge in [0.1, 0.15) is 0 Å². The Hall–Kier alpha value is -2.57. The van der Waals surface area contributed by atoms with Gasteiger partial charge in [-0.2, -0.15) is 0 Å². The Bertz CT molecular complexity index is 992. The molecule has 0 spiro atoms. The number of fused-ring (bicyclic) bond motifs is 1. The first-order valence-corrected chi connectivity index (χ1v) is 9.36. The summed E-state index contributed by atoms with van der Waals surface area (Å²) >= 11 is 6.11. The lowest BCUT2D eigenvalue weighted by Crippen LogP contribution is -1.94. The molecule has 1 atom stereocenters. The predicted molar refractivity (Wildman–Crippen MR) is 112 cm³/mol. The molecule has 1 aliphatic rings. The van der Waals surface area contributed by atoms with Crippen LogP contribution in [0.3, 0.4) is 0 Å². The van der Waals surface area contributed by atoms with Crippen LogP contribution in [0.4, 0.5) is 0 Å². The zero-order chi connectivity index (χ0) is 18.1. The minimum atomic E-state index is 0.400. The highest BCUT2D eigenvalue weighted by Gasteiger charge is 2.24. The van der Waals surface area contributed by atoms with E-state index in [-0.39, 0.29) is 0 Å². The Morgan fingerprint density at radius 3 is 2.12 bits per heavy atom. The van der Waals surface area contributed by atoms with E-state index in [1.54, 1.807) is 0 Å². The van der Waals surface area contributed by atoms with Crippen LogP contribution in [0, 0.1) is 0 Å². The molecule has 0 bridgehead atoms. The average Bonchev–Trinajstić information content (AvgIpc) is 2.92. The number of rotatable bonds is 3. The topological polar surface area (TPSA) is 0 Å². The van der Waals surface area contributed by atoms with Gasteiger partial charge >= 0.3 is 0 Å². The van der Waals surface area contributed by atoms with E-state index < -0.39 is 0 Å². The number of allylic oxidation sites excluding steroid dienone is 3. The lowest BCUT2D eigenvalue weighted by Gasteiger charge is -2.13. The molecule has 0 N–H and O–H groups in total. The van der Waals surface area contributed by atoms with E-state index in [0.717, 1.165) is 5.02 Å². The van der Waals surface area contributed by atoms with E-state index in [2.05, 4.69) is 86.7 Å². The smallest absolute Gasteiger partial charge is 0.0406 e. The Morgan fingerprint density at radius 2 is 1.42 bits per heavy atom. The third-order valence-corrected chi connectivity index (χ3v) is 5.52. The van der Waals surface area contributed by atoms with Crippen LogP contribution in [-0.4, -0.2) is 0 Å². The van der Waals surface area contributed by atoms with Crippen molar-refractivity contribution in [3.63, 3.8) is 0 Å². The average molecular weight is 357 g/mol. The summed E-state index contributed by atoms with van der Waals surface area (Å²) < 4.78 is 0. The Kier molecular flexibility index (Phi) is 4.53. The van der Waals surface area contributed by atoms with Crippen LogP contribution in [0.1, 0.15) is 42.0 Å². The first-order valence-electron chi connectivity index (χ1n) is 8.98. The van der Waals surface area contributed by atoms with Crippen LogP contribution in [0.15, 0.2) is 90.5 Å². The Morgan fingerprint density at radius 1 is 0.808 bits per heavy atom. The number of hydrogen-bond acceptors (Lipinski definition) is 0. The van der Waals surface area contributed by atoms with Crippen LogP contribution >= 0.6 is 11.6 Å². The fraction of sp³-hybridized carbons (Fsp3) is 0.120. The van der Waals surface area contributed by atoms with Gasteiger partial charge in [-0.1, -0.05) is 85.3 Å². The van der Waals surface area contributed by atoms with E-state index in [1.807, 2.05) is 12.1 Å². The second-order valence-corrected chi connectivity index (χ2v) is 7.26. The molecule has 26 heavy (non-hydrogen) atoms. The minimum absolute atomic E-state index is 0.400. The first-order chi connectivity index (χ1) is 12.6. The molecule has 1 aliphatic carbocycles. The largest absolute Gasteiger partial charge is 0.0843 e. The SMILES string of the molecule is CC1=C(C=C(c2ccccc2)c2ccc(Cl)cc2)C(C)c2ccccc21. The van der Waals surface area contributed by atoms with Crippen molar-refractivity contribution < 1.29 is 0 Å². The zero-order valence-electron chi connectivity index (χ0n) is 15.0. The Balaban J connectivity index is 1.88. The summed E-state index contributed by atoms with van der Waals surface area (Å²) in [5, 5.41) is 0.762. The lowest BCUT2D eigenvalue weighted by molar-refractivity contribution is 0.947. The zero-order valence-corrected chi connectivity index (χ0v) is 15.8. The van der Waals surface area contributed by atoms with Crippen molar-refractivity contribution >= 4 is 22.7 Å². The van der Waals surface area contributed by atoms with Gasteiger partial charge in [-0.25, -0.2) is 0 Å². The second kappa shape index (κ2) is 6.97. The fourth-order valence-corrected chi connectivity index (χ4v) is 3.96. The molecule has 0 saturated heterocycles. The summed E-state index contributed by atoms with van der Waals surface area (Å²) in [4.78, 5) is 0. The molecule has 0 radical (unpaired) electrons. The highest BCUT2D eigenvalue weighted by atomic mass is 35.5.